The minimum atomic E-state index is 0.0207. The second kappa shape index (κ2) is 11.1. The molecule has 1 aromatic carbocycles. The van der Waals surface area contributed by atoms with Gasteiger partial charge < -0.3 is 24.2 Å². The van der Waals surface area contributed by atoms with Gasteiger partial charge in [0.2, 0.25) is 11.8 Å². The summed E-state index contributed by atoms with van der Waals surface area (Å²) in [6.07, 6.45) is 4.30. The quantitative estimate of drug-likeness (QED) is 0.614. The number of methoxy groups -OCH3 is 2. The third kappa shape index (κ3) is 6.00. The van der Waals surface area contributed by atoms with Crippen molar-refractivity contribution in [2.45, 2.75) is 39.5 Å². The van der Waals surface area contributed by atoms with E-state index in [0.717, 1.165) is 51.9 Å². The Kier molecular flexibility index (Phi) is 8.51. The van der Waals surface area contributed by atoms with E-state index in [9.17, 15) is 9.59 Å². The molecule has 2 aliphatic rings. The highest BCUT2D eigenvalue weighted by Gasteiger charge is 2.28. The van der Waals surface area contributed by atoms with Crippen molar-refractivity contribution in [1.29, 1.82) is 0 Å². The Morgan fingerprint density at radius 3 is 1.88 bits per heavy atom. The minimum absolute atomic E-state index is 0.0207. The second-order valence-corrected chi connectivity index (χ2v) is 9.60. The van der Waals surface area contributed by atoms with Crippen LogP contribution in [0.3, 0.4) is 0 Å². The summed E-state index contributed by atoms with van der Waals surface area (Å²) in [5, 5.41) is 0.417. The molecule has 2 atom stereocenters. The van der Waals surface area contributed by atoms with Crippen molar-refractivity contribution in [3.05, 3.63) is 17.2 Å². The van der Waals surface area contributed by atoms with Crippen LogP contribution in [0, 0.1) is 11.8 Å². The molecule has 2 saturated heterocycles. The number of amides is 2. The van der Waals surface area contributed by atoms with Gasteiger partial charge >= 0.3 is 0 Å². The lowest BCUT2D eigenvalue weighted by Crippen LogP contribution is -2.49. The molecule has 0 aliphatic carbocycles. The number of piperidine rings is 2. The van der Waals surface area contributed by atoms with E-state index in [1.165, 1.54) is 0 Å². The molecule has 0 radical (unpaired) electrons. The van der Waals surface area contributed by atoms with E-state index in [2.05, 4.69) is 13.8 Å². The summed E-state index contributed by atoms with van der Waals surface area (Å²) >= 11 is 6.30. The average molecular weight is 466 g/mol. The van der Waals surface area contributed by atoms with Gasteiger partial charge in [-0.1, -0.05) is 25.4 Å². The third-order valence-corrected chi connectivity index (χ3v) is 6.76. The first-order valence-corrected chi connectivity index (χ1v) is 11.9. The molecule has 2 heterocycles. The number of nitrogens with zero attached hydrogens (tertiary/aromatic N) is 3. The van der Waals surface area contributed by atoms with Gasteiger partial charge in [-0.3, -0.25) is 9.59 Å². The number of likely N-dealkylation sites (tertiary alicyclic amines) is 2. The lowest BCUT2D eigenvalue weighted by molar-refractivity contribution is -0.132. The van der Waals surface area contributed by atoms with Crippen LogP contribution in [0.25, 0.3) is 0 Å². The Hall–Kier alpha value is -2.15. The molecule has 2 aliphatic heterocycles. The Bertz CT molecular complexity index is 783. The van der Waals surface area contributed by atoms with Crippen molar-refractivity contribution in [1.82, 2.24) is 9.80 Å². The Balaban J connectivity index is 1.87. The number of carbonyl (C=O) groups is 2. The van der Waals surface area contributed by atoms with Crippen LogP contribution >= 0.6 is 11.6 Å². The summed E-state index contributed by atoms with van der Waals surface area (Å²) in [5.74, 6) is 2.01. The van der Waals surface area contributed by atoms with Crippen molar-refractivity contribution in [2.75, 3.05) is 58.4 Å². The second-order valence-electron chi connectivity index (χ2n) is 9.19. The fourth-order valence-electron chi connectivity index (χ4n) is 4.68. The molecule has 8 heteroatoms. The molecule has 0 N–H and O–H groups in total. The summed E-state index contributed by atoms with van der Waals surface area (Å²) < 4.78 is 11.0. The van der Waals surface area contributed by atoms with Crippen molar-refractivity contribution in [3.63, 3.8) is 0 Å². The van der Waals surface area contributed by atoms with Gasteiger partial charge in [-0.15, -0.1) is 0 Å². The zero-order chi connectivity index (χ0) is 23.3. The van der Waals surface area contributed by atoms with E-state index >= 15 is 0 Å². The Labute approximate surface area is 196 Å². The number of ether oxygens (including phenoxy) is 2. The van der Waals surface area contributed by atoms with Crippen molar-refractivity contribution < 1.29 is 19.1 Å². The molecule has 2 fully saturated rings. The van der Waals surface area contributed by atoms with Crippen LogP contribution in [0.4, 0.5) is 5.69 Å². The number of rotatable bonds is 7. The van der Waals surface area contributed by atoms with E-state index in [4.69, 9.17) is 21.1 Å². The molecule has 0 saturated carbocycles. The standard InChI is InChI=1S/C24H36ClN3O4/c1-17-7-5-9-26(13-17)23(29)15-28(16-24(30)27-10-6-8-18(2)14-27)20-12-21(31-3)19(25)11-22(20)32-4/h11-12,17-18H,5-10,13-16H2,1-4H3/t17-,18-/m1/s1. The van der Waals surface area contributed by atoms with Crippen LogP contribution in [-0.4, -0.2) is 75.1 Å². The molecule has 178 valence electrons. The van der Waals surface area contributed by atoms with Crippen LogP contribution < -0.4 is 14.4 Å². The maximum Gasteiger partial charge on any atom is 0.242 e. The molecule has 0 unspecified atom stereocenters. The van der Waals surface area contributed by atoms with Crippen molar-refractivity contribution in [2.24, 2.45) is 11.8 Å². The predicted molar refractivity (Wildman–Crippen MR) is 127 cm³/mol. The number of benzene rings is 1. The Morgan fingerprint density at radius 1 is 0.938 bits per heavy atom. The van der Waals surface area contributed by atoms with Gasteiger partial charge in [0.25, 0.3) is 0 Å². The molecular weight excluding hydrogens is 430 g/mol. The fraction of sp³-hybridized carbons (Fsp3) is 0.667. The van der Waals surface area contributed by atoms with Crippen molar-refractivity contribution in [3.8, 4) is 11.5 Å². The van der Waals surface area contributed by atoms with E-state index in [1.807, 2.05) is 9.80 Å². The maximum atomic E-state index is 13.2. The zero-order valence-corrected chi connectivity index (χ0v) is 20.5. The third-order valence-electron chi connectivity index (χ3n) is 6.47. The summed E-state index contributed by atoms with van der Waals surface area (Å²) in [6, 6.07) is 3.42. The van der Waals surface area contributed by atoms with E-state index in [0.29, 0.717) is 34.0 Å². The van der Waals surface area contributed by atoms with Crippen LogP contribution in [0.5, 0.6) is 11.5 Å². The largest absolute Gasteiger partial charge is 0.495 e. The van der Waals surface area contributed by atoms with Crippen molar-refractivity contribution >= 4 is 29.1 Å². The first-order chi connectivity index (χ1) is 15.3. The minimum Gasteiger partial charge on any atom is -0.495 e. The summed E-state index contributed by atoms with van der Waals surface area (Å²) in [5.41, 5.74) is 0.630. The van der Waals surface area contributed by atoms with Gasteiger partial charge in [-0.2, -0.15) is 0 Å². The van der Waals surface area contributed by atoms with Gasteiger partial charge in [-0.05, 0) is 37.5 Å². The highest BCUT2D eigenvalue weighted by Crippen LogP contribution is 2.38. The van der Waals surface area contributed by atoms with Crippen LogP contribution in [0.2, 0.25) is 5.02 Å². The van der Waals surface area contributed by atoms with Gasteiger partial charge in [0.1, 0.15) is 11.5 Å². The lowest BCUT2D eigenvalue weighted by atomic mass is 10.00. The van der Waals surface area contributed by atoms with Gasteiger partial charge in [0.15, 0.2) is 0 Å². The number of hydrogen-bond donors (Lipinski definition) is 0. The normalized spacial score (nSPS) is 21.3. The van der Waals surface area contributed by atoms with Crippen LogP contribution in [0.1, 0.15) is 39.5 Å². The van der Waals surface area contributed by atoms with Gasteiger partial charge in [0, 0.05) is 38.3 Å². The topological polar surface area (TPSA) is 62.3 Å². The summed E-state index contributed by atoms with van der Waals surface area (Å²) in [4.78, 5) is 32.1. The fourth-order valence-corrected chi connectivity index (χ4v) is 4.91. The molecule has 0 spiro atoms. The van der Waals surface area contributed by atoms with Crippen LogP contribution in [-0.2, 0) is 9.59 Å². The molecule has 1 aromatic rings. The Morgan fingerprint density at radius 2 is 1.44 bits per heavy atom. The molecule has 2 amide bonds. The van der Waals surface area contributed by atoms with E-state index in [-0.39, 0.29) is 24.9 Å². The maximum absolute atomic E-state index is 13.2. The molecular formula is C24H36ClN3O4. The van der Waals surface area contributed by atoms with E-state index in [1.54, 1.807) is 31.3 Å². The van der Waals surface area contributed by atoms with Gasteiger partial charge in [-0.25, -0.2) is 0 Å². The summed E-state index contributed by atoms with van der Waals surface area (Å²) in [7, 11) is 3.10. The van der Waals surface area contributed by atoms with Crippen LogP contribution in [0.15, 0.2) is 12.1 Å². The van der Waals surface area contributed by atoms with E-state index < -0.39 is 0 Å². The highest BCUT2D eigenvalue weighted by molar-refractivity contribution is 6.32. The molecule has 0 aromatic heterocycles. The molecule has 0 bridgehead atoms. The molecule has 32 heavy (non-hydrogen) atoms. The number of carbonyl (C=O) groups excluding carboxylic acids is 2. The number of halogens is 1. The lowest BCUT2D eigenvalue weighted by Gasteiger charge is -2.36. The highest BCUT2D eigenvalue weighted by atomic mass is 35.5. The first kappa shape index (κ1) is 24.5. The molecule has 3 rings (SSSR count). The molecule has 7 nitrogen and oxygen atoms in total. The smallest absolute Gasteiger partial charge is 0.242 e. The zero-order valence-electron chi connectivity index (χ0n) is 19.7. The average Bonchev–Trinajstić information content (AvgIpc) is 2.78. The predicted octanol–water partition coefficient (Wildman–Crippen LogP) is 3.68. The number of hydrogen-bond acceptors (Lipinski definition) is 5. The number of anilines is 1. The first-order valence-electron chi connectivity index (χ1n) is 11.5. The SMILES string of the molecule is COc1cc(N(CC(=O)N2CCC[C@@H](C)C2)CC(=O)N2CCC[C@@H](C)C2)c(OC)cc1Cl. The van der Waals surface area contributed by atoms with Gasteiger partial charge in [0.05, 0.1) is 38.0 Å². The summed E-state index contributed by atoms with van der Waals surface area (Å²) in [6.45, 7) is 7.57. The monoisotopic (exact) mass is 465 g/mol.